The SMILES string of the molecule is COc1cc(CNS(=O)(=O)c2ccc(-c3sc(NC(C)=O)nc3C)o2)cc(OC)c1. The van der Waals surface area contributed by atoms with Crippen LogP contribution in [-0.2, 0) is 21.4 Å². The number of carbonyl (C=O) groups is 1. The monoisotopic (exact) mass is 451 g/mol. The van der Waals surface area contributed by atoms with E-state index in [0.717, 1.165) is 0 Å². The van der Waals surface area contributed by atoms with Crippen molar-refractivity contribution in [2.75, 3.05) is 19.5 Å². The Morgan fingerprint density at radius 1 is 1.17 bits per heavy atom. The van der Waals surface area contributed by atoms with Gasteiger partial charge in [0, 0.05) is 19.5 Å². The number of carbonyl (C=O) groups excluding carboxylic acids is 1. The number of hydrogen-bond donors (Lipinski definition) is 2. The van der Waals surface area contributed by atoms with Crippen LogP contribution in [-0.4, -0.2) is 33.5 Å². The van der Waals surface area contributed by atoms with Gasteiger partial charge in [-0.05, 0) is 36.8 Å². The topological polar surface area (TPSA) is 120 Å². The molecule has 0 bridgehead atoms. The molecule has 0 radical (unpaired) electrons. The van der Waals surface area contributed by atoms with Gasteiger partial charge >= 0.3 is 0 Å². The third kappa shape index (κ3) is 4.99. The molecule has 9 nitrogen and oxygen atoms in total. The average Bonchev–Trinajstić information content (AvgIpc) is 3.32. The molecule has 11 heteroatoms. The number of furan rings is 1. The number of ether oxygens (including phenoxy) is 2. The van der Waals surface area contributed by atoms with Crippen molar-refractivity contribution in [3.05, 3.63) is 41.6 Å². The molecule has 1 amide bonds. The fourth-order valence-electron chi connectivity index (χ4n) is 2.63. The molecular formula is C19H21N3O6S2. The second-order valence-electron chi connectivity index (χ2n) is 6.28. The van der Waals surface area contributed by atoms with E-state index < -0.39 is 10.0 Å². The van der Waals surface area contributed by atoms with Crippen molar-refractivity contribution in [2.45, 2.75) is 25.5 Å². The van der Waals surface area contributed by atoms with E-state index in [1.54, 1.807) is 31.2 Å². The fraction of sp³-hybridized carbons (Fsp3) is 0.263. The van der Waals surface area contributed by atoms with Crippen LogP contribution in [0.1, 0.15) is 18.2 Å². The number of amides is 1. The number of anilines is 1. The number of sulfonamides is 1. The first-order valence-corrected chi connectivity index (χ1v) is 11.1. The number of thiazole rings is 1. The summed E-state index contributed by atoms with van der Waals surface area (Å²) in [6.07, 6.45) is 0. The molecule has 1 aromatic carbocycles. The predicted octanol–water partition coefficient (Wildman–Crippen LogP) is 3.17. The summed E-state index contributed by atoms with van der Waals surface area (Å²) in [5, 5.41) is 2.80. The fourth-order valence-corrected chi connectivity index (χ4v) is 4.55. The number of aromatic nitrogens is 1. The molecule has 0 fully saturated rings. The van der Waals surface area contributed by atoms with Crippen LogP contribution in [0.3, 0.4) is 0 Å². The van der Waals surface area contributed by atoms with Crippen molar-refractivity contribution < 1.29 is 27.1 Å². The molecule has 160 valence electrons. The third-order valence-corrected chi connectivity index (χ3v) is 6.39. The molecule has 0 aliphatic carbocycles. The molecule has 30 heavy (non-hydrogen) atoms. The van der Waals surface area contributed by atoms with Gasteiger partial charge in [-0.15, -0.1) is 0 Å². The number of nitrogens with one attached hydrogen (secondary N) is 2. The van der Waals surface area contributed by atoms with Gasteiger partial charge in [0.1, 0.15) is 17.3 Å². The Kier molecular flexibility index (Phi) is 6.44. The molecule has 2 aromatic heterocycles. The van der Waals surface area contributed by atoms with Gasteiger partial charge in [0.15, 0.2) is 5.13 Å². The molecule has 0 aliphatic rings. The largest absolute Gasteiger partial charge is 0.497 e. The molecule has 0 atom stereocenters. The van der Waals surface area contributed by atoms with E-state index in [-0.39, 0.29) is 17.5 Å². The lowest BCUT2D eigenvalue weighted by Crippen LogP contribution is -2.22. The smallest absolute Gasteiger partial charge is 0.274 e. The Balaban J connectivity index is 1.78. The lowest BCUT2D eigenvalue weighted by Gasteiger charge is -2.09. The summed E-state index contributed by atoms with van der Waals surface area (Å²) in [6.45, 7) is 3.16. The van der Waals surface area contributed by atoms with Crippen LogP contribution < -0.4 is 19.5 Å². The number of methoxy groups -OCH3 is 2. The molecule has 3 aromatic rings. The lowest BCUT2D eigenvalue weighted by molar-refractivity contribution is -0.114. The molecule has 0 unspecified atom stereocenters. The second-order valence-corrected chi connectivity index (χ2v) is 8.98. The van der Waals surface area contributed by atoms with Crippen molar-refractivity contribution in [3.8, 4) is 22.1 Å². The van der Waals surface area contributed by atoms with E-state index in [4.69, 9.17) is 13.9 Å². The molecule has 0 spiro atoms. The molecule has 2 heterocycles. The zero-order chi connectivity index (χ0) is 21.9. The Morgan fingerprint density at radius 2 is 1.83 bits per heavy atom. The molecular weight excluding hydrogens is 430 g/mol. The molecule has 0 saturated carbocycles. The summed E-state index contributed by atoms with van der Waals surface area (Å²) < 4.78 is 43.8. The van der Waals surface area contributed by atoms with Crippen molar-refractivity contribution in [2.24, 2.45) is 0 Å². The number of rotatable bonds is 8. The van der Waals surface area contributed by atoms with Crippen LogP contribution in [0, 0.1) is 6.92 Å². The summed E-state index contributed by atoms with van der Waals surface area (Å²) in [4.78, 5) is 16.1. The third-order valence-electron chi connectivity index (χ3n) is 4.03. The van der Waals surface area contributed by atoms with Gasteiger partial charge in [0.25, 0.3) is 10.0 Å². The summed E-state index contributed by atoms with van der Waals surface area (Å²) in [7, 11) is -0.854. The standard InChI is InChI=1S/C19H21N3O6S2/c1-11-18(29-19(21-11)22-12(2)23)16-5-6-17(28-16)30(24,25)20-10-13-7-14(26-3)9-15(8-13)27-4/h5-9,20H,10H2,1-4H3,(H,21,22,23). The highest BCUT2D eigenvalue weighted by atomic mass is 32.2. The number of benzene rings is 1. The highest BCUT2D eigenvalue weighted by Crippen LogP contribution is 2.34. The van der Waals surface area contributed by atoms with Gasteiger partial charge in [-0.2, -0.15) is 0 Å². The van der Waals surface area contributed by atoms with Crippen molar-refractivity contribution >= 4 is 32.4 Å². The van der Waals surface area contributed by atoms with Crippen LogP contribution in [0.5, 0.6) is 11.5 Å². The minimum atomic E-state index is -3.89. The molecule has 0 saturated heterocycles. The van der Waals surface area contributed by atoms with Crippen LogP contribution in [0.2, 0.25) is 0 Å². The maximum Gasteiger partial charge on any atom is 0.274 e. The predicted molar refractivity (Wildman–Crippen MR) is 112 cm³/mol. The van der Waals surface area contributed by atoms with Gasteiger partial charge in [-0.1, -0.05) is 11.3 Å². The normalized spacial score (nSPS) is 11.3. The highest BCUT2D eigenvalue weighted by Gasteiger charge is 2.21. The Bertz CT molecular complexity index is 1140. The minimum Gasteiger partial charge on any atom is -0.497 e. The van der Waals surface area contributed by atoms with Crippen molar-refractivity contribution in [3.63, 3.8) is 0 Å². The Labute approximate surface area is 178 Å². The van der Waals surface area contributed by atoms with Crippen LogP contribution in [0.25, 0.3) is 10.6 Å². The second kappa shape index (κ2) is 8.86. The van der Waals surface area contributed by atoms with Gasteiger partial charge in [-0.3, -0.25) is 4.79 Å². The number of nitrogens with zero attached hydrogens (tertiary/aromatic N) is 1. The number of hydrogen-bond acceptors (Lipinski definition) is 8. The Morgan fingerprint density at radius 3 is 2.43 bits per heavy atom. The first-order valence-electron chi connectivity index (χ1n) is 8.78. The van der Waals surface area contributed by atoms with Crippen molar-refractivity contribution in [1.82, 2.24) is 9.71 Å². The van der Waals surface area contributed by atoms with Gasteiger partial charge in [0.2, 0.25) is 11.0 Å². The van der Waals surface area contributed by atoms with E-state index in [1.807, 2.05) is 0 Å². The van der Waals surface area contributed by atoms with Gasteiger partial charge in [0.05, 0.1) is 24.8 Å². The lowest BCUT2D eigenvalue weighted by atomic mass is 10.2. The Hall–Kier alpha value is -2.89. The van der Waals surface area contributed by atoms with E-state index in [9.17, 15) is 13.2 Å². The van der Waals surface area contributed by atoms with Crippen LogP contribution in [0.4, 0.5) is 5.13 Å². The summed E-state index contributed by atoms with van der Waals surface area (Å²) in [5.41, 5.74) is 1.29. The average molecular weight is 452 g/mol. The van der Waals surface area contributed by atoms with E-state index >= 15 is 0 Å². The molecule has 3 rings (SSSR count). The minimum absolute atomic E-state index is 0.0260. The van der Waals surface area contributed by atoms with Crippen LogP contribution >= 0.6 is 11.3 Å². The highest BCUT2D eigenvalue weighted by molar-refractivity contribution is 7.89. The number of aryl methyl sites for hydroxylation is 1. The van der Waals surface area contributed by atoms with E-state index in [1.165, 1.54) is 38.5 Å². The zero-order valence-corrected chi connectivity index (χ0v) is 18.4. The summed E-state index contributed by atoms with van der Waals surface area (Å²) in [6, 6.07) is 8.05. The first-order chi connectivity index (χ1) is 14.2. The van der Waals surface area contributed by atoms with Gasteiger partial charge < -0.3 is 19.2 Å². The summed E-state index contributed by atoms with van der Waals surface area (Å²) in [5.74, 6) is 1.22. The van der Waals surface area contributed by atoms with Crippen molar-refractivity contribution in [1.29, 1.82) is 0 Å². The van der Waals surface area contributed by atoms with Crippen LogP contribution in [0.15, 0.2) is 39.8 Å². The van der Waals surface area contributed by atoms with E-state index in [0.29, 0.717) is 38.5 Å². The molecule has 2 N–H and O–H groups in total. The zero-order valence-electron chi connectivity index (χ0n) is 16.8. The van der Waals surface area contributed by atoms with Gasteiger partial charge in [-0.25, -0.2) is 18.1 Å². The van der Waals surface area contributed by atoms with E-state index in [2.05, 4.69) is 15.0 Å². The molecule has 0 aliphatic heterocycles. The maximum absolute atomic E-state index is 12.7. The quantitative estimate of drug-likeness (QED) is 0.540. The first kappa shape index (κ1) is 21.8. The maximum atomic E-state index is 12.7. The summed E-state index contributed by atoms with van der Waals surface area (Å²) >= 11 is 1.20.